The van der Waals surface area contributed by atoms with Crippen LogP contribution in [0.5, 0.6) is 0 Å². The highest BCUT2D eigenvalue weighted by Gasteiger charge is 2.20. The minimum atomic E-state index is -0.318. The molecule has 20 heavy (non-hydrogen) atoms. The van der Waals surface area contributed by atoms with E-state index in [9.17, 15) is 4.39 Å². The van der Waals surface area contributed by atoms with Crippen molar-refractivity contribution in [2.75, 3.05) is 0 Å². The van der Waals surface area contributed by atoms with Crippen LogP contribution >= 0.6 is 0 Å². The number of benzene rings is 1. The Balaban J connectivity index is 2.03. The Morgan fingerprint density at radius 1 is 1.30 bits per heavy atom. The second-order valence-electron chi connectivity index (χ2n) is 5.98. The number of halogens is 1. The lowest BCUT2D eigenvalue weighted by Crippen LogP contribution is -2.37. The molecule has 1 unspecified atom stereocenters. The molecule has 0 radical (unpaired) electrons. The van der Waals surface area contributed by atoms with Crippen molar-refractivity contribution in [3.63, 3.8) is 0 Å². The van der Waals surface area contributed by atoms with Gasteiger partial charge in [0.15, 0.2) is 0 Å². The van der Waals surface area contributed by atoms with E-state index in [0.717, 1.165) is 0 Å². The van der Waals surface area contributed by atoms with Crippen molar-refractivity contribution in [2.24, 2.45) is 5.41 Å². The van der Waals surface area contributed by atoms with Crippen LogP contribution in [0.25, 0.3) is 11.5 Å². The minimum Gasteiger partial charge on any atom is -0.419 e. The summed E-state index contributed by atoms with van der Waals surface area (Å²) in [6, 6.07) is 6.43. The van der Waals surface area contributed by atoms with E-state index < -0.39 is 0 Å². The molecule has 0 aliphatic rings. The molecular weight excluding hydrogens is 257 g/mol. The van der Waals surface area contributed by atoms with E-state index in [-0.39, 0.29) is 11.2 Å². The molecule has 1 atom stereocenters. The SMILES string of the molecule is CC(NCc1nnc(-c2cccc(F)c2)o1)C(C)(C)C. The van der Waals surface area contributed by atoms with Crippen LogP contribution in [0.3, 0.4) is 0 Å². The first-order valence-corrected chi connectivity index (χ1v) is 6.68. The van der Waals surface area contributed by atoms with Gasteiger partial charge in [-0.3, -0.25) is 0 Å². The molecular formula is C15H20FN3O. The molecule has 108 valence electrons. The van der Waals surface area contributed by atoms with E-state index in [0.29, 0.717) is 29.9 Å². The van der Waals surface area contributed by atoms with E-state index in [1.54, 1.807) is 12.1 Å². The topological polar surface area (TPSA) is 51.0 Å². The van der Waals surface area contributed by atoms with Gasteiger partial charge in [0.25, 0.3) is 0 Å². The monoisotopic (exact) mass is 277 g/mol. The molecule has 0 aliphatic heterocycles. The maximum atomic E-state index is 13.1. The molecule has 0 amide bonds. The molecule has 1 N–H and O–H groups in total. The number of rotatable bonds is 4. The Morgan fingerprint density at radius 2 is 2.05 bits per heavy atom. The number of hydrogen-bond acceptors (Lipinski definition) is 4. The van der Waals surface area contributed by atoms with Crippen molar-refractivity contribution < 1.29 is 8.81 Å². The summed E-state index contributed by atoms with van der Waals surface area (Å²) in [6.45, 7) is 9.11. The van der Waals surface area contributed by atoms with Gasteiger partial charge in [-0.25, -0.2) is 4.39 Å². The van der Waals surface area contributed by atoms with Gasteiger partial charge in [-0.2, -0.15) is 0 Å². The van der Waals surface area contributed by atoms with Gasteiger partial charge >= 0.3 is 0 Å². The molecule has 0 saturated carbocycles. The molecule has 5 heteroatoms. The average molecular weight is 277 g/mol. The summed E-state index contributed by atoms with van der Waals surface area (Å²) in [5, 5.41) is 11.3. The number of nitrogens with one attached hydrogen (secondary N) is 1. The maximum absolute atomic E-state index is 13.1. The van der Waals surface area contributed by atoms with Gasteiger partial charge in [0, 0.05) is 11.6 Å². The molecule has 2 aromatic rings. The van der Waals surface area contributed by atoms with Gasteiger partial charge in [0.1, 0.15) is 5.82 Å². The molecule has 0 saturated heterocycles. The lowest BCUT2D eigenvalue weighted by atomic mass is 9.88. The summed E-state index contributed by atoms with van der Waals surface area (Å²) in [7, 11) is 0. The van der Waals surface area contributed by atoms with Gasteiger partial charge in [0.05, 0.1) is 6.54 Å². The van der Waals surface area contributed by atoms with Crippen molar-refractivity contribution in [1.82, 2.24) is 15.5 Å². The van der Waals surface area contributed by atoms with Crippen molar-refractivity contribution >= 4 is 0 Å². The highest BCUT2D eigenvalue weighted by Crippen LogP contribution is 2.20. The fourth-order valence-electron chi connectivity index (χ4n) is 1.61. The third kappa shape index (κ3) is 3.63. The Labute approximate surface area is 118 Å². The van der Waals surface area contributed by atoms with E-state index in [4.69, 9.17) is 4.42 Å². The first-order valence-electron chi connectivity index (χ1n) is 6.68. The molecule has 0 fully saturated rings. The second kappa shape index (κ2) is 5.71. The first kappa shape index (κ1) is 14.7. The average Bonchev–Trinajstić information content (AvgIpc) is 2.83. The largest absolute Gasteiger partial charge is 0.419 e. The Morgan fingerprint density at radius 3 is 2.70 bits per heavy atom. The molecule has 1 aromatic carbocycles. The molecule has 1 aromatic heterocycles. The maximum Gasteiger partial charge on any atom is 0.247 e. The molecule has 0 aliphatic carbocycles. The third-order valence-corrected chi connectivity index (χ3v) is 3.40. The van der Waals surface area contributed by atoms with Crippen molar-refractivity contribution in [1.29, 1.82) is 0 Å². The van der Waals surface area contributed by atoms with Crippen LogP contribution < -0.4 is 5.32 Å². The molecule has 4 nitrogen and oxygen atoms in total. The summed E-state index contributed by atoms with van der Waals surface area (Å²) >= 11 is 0. The zero-order chi connectivity index (χ0) is 14.8. The quantitative estimate of drug-likeness (QED) is 0.930. The van der Waals surface area contributed by atoms with Gasteiger partial charge in [-0.15, -0.1) is 10.2 Å². The van der Waals surface area contributed by atoms with Crippen LogP contribution in [0, 0.1) is 11.2 Å². The zero-order valence-electron chi connectivity index (χ0n) is 12.3. The smallest absolute Gasteiger partial charge is 0.247 e. The van der Waals surface area contributed by atoms with E-state index in [2.05, 4.69) is 43.2 Å². The highest BCUT2D eigenvalue weighted by atomic mass is 19.1. The first-order chi connectivity index (χ1) is 9.36. The molecule has 1 heterocycles. The van der Waals surface area contributed by atoms with E-state index >= 15 is 0 Å². The van der Waals surface area contributed by atoms with E-state index in [1.807, 2.05) is 0 Å². The van der Waals surface area contributed by atoms with Gasteiger partial charge in [-0.05, 0) is 30.5 Å². The third-order valence-electron chi connectivity index (χ3n) is 3.40. The summed E-state index contributed by atoms with van der Waals surface area (Å²) in [5.41, 5.74) is 0.749. The Bertz CT molecular complexity index is 574. The second-order valence-corrected chi connectivity index (χ2v) is 5.98. The van der Waals surface area contributed by atoms with Crippen LogP contribution in [-0.2, 0) is 6.54 Å². The van der Waals surface area contributed by atoms with Crippen LogP contribution in [0.1, 0.15) is 33.6 Å². The number of aromatic nitrogens is 2. The van der Waals surface area contributed by atoms with Crippen molar-refractivity contribution in [2.45, 2.75) is 40.3 Å². The van der Waals surface area contributed by atoms with Gasteiger partial charge < -0.3 is 9.73 Å². The molecule has 0 spiro atoms. The predicted molar refractivity (Wildman–Crippen MR) is 75.4 cm³/mol. The standard InChI is InChI=1S/C15H20FN3O/c1-10(15(2,3)4)17-9-13-18-19-14(20-13)11-6-5-7-12(16)8-11/h5-8,10,17H,9H2,1-4H3. The molecule has 0 bridgehead atoms. The van der Waals surface area contributed by atoms with Crippen molar-refractivity contribution in [3.05, 3.63) is 36.0 Å². The van der Waals surface area contributed by atoms with Gasteiger partial charge in [0.2, 0.25) is 11.8 Å². The fraction of sp³-hybridized carbons (Fsp3) is 0.467. The lowest BCUT2D eigenvalue weighted by Gasteiger charge is -2.27. The zero-order valence-corrected chi connectivity index (χ0v) is 12.3. The summed E-state index contributed by atoms with van der Waals surface area (Å²) in [4.78, 5) is 0. The summed E-state index contributed by atoms with van der Waals surface area (Å²) < 4.78 is 18.7. The van der Waals surface area contributed by atoms with E-state index in [1.165, 1.54) is 12.1 Å². The number of hydrogen-bond donors (Lipinski definition) is 1. The highest BCUT2D eigenvalue weighted by molar-refractivity contribution is 5.52. The lowest BCUT2D eigenvalue weighted by molar-refractivity contribution is 0.277. The van der Waals surface area contributed by atoms with Crippen LogP contribution in [0.2, 0.25) is 0 Å². The summed E-state index contributed by atoms with van der Waals surface area (Å²) in [6.07, 6.45) is 0. The Kier molecular flexibility index (Phi) is 4.18. The predicted octanol–water partition coefficient (Wildman–Crippen LogP) is 3.40. The van der Waals surface area contributed by atoms with Gasteiger partial charge in [-0.1, -0.05) is 26.8 Å². The van der Waals surface area contributed by atoms with Crippen molar-refractivity contribution in [3.8, 4) is 11.5 Å². The fourth-order valence-corrected chi connectivity index (χ4v) is 1.61. The number of nitrogens with zero attached hydrogens (tertiary/aromatic N) is 2. The minimum absolute atomic E-state index is 0.158. The van der Waals surface area contributed by atoms with Crippen LogP contribution in [-0.4, -0.2) is 16.2 Å². The normalized spacial score (nSPS) is 13.4. The molecule has 2 rings (SSSR count). The van der Waals surface area contributed by atoms with Crippen LogP contribution in [0.15, 0.2) is 28.7 Å². The van der Waals surface area contributed by atoms with Crippen LogP contribution in [0.4, 0.5) is 4.39 Å². The Hall–Kier alpha value is -1.75. The summed E-state index contributed by atoms with van der Waals surface area (Å²) in [5.74, 6) is 0.520.